The number of fused-ring (bicyclic) bond motifs is 1. The normalized spacial score (nSPS) is 10.9. The molecular weight excluding hydrogens is 348 g/mol. The predicted octanol–water partition coefficient (Wildman–Crippen LogP) is 5.43. The number of carboxylic acids is 1. The van der Waals surface area contributed by atoms with Crippen LogP contribution >= 0.6 is 0 Å². The van der Waals surface area contributed by atoms with Gasteiger partial charge in [0, 0.05) is 12.1 Å². The highest BCUT2D eigenvalue weighted by Crippen LogP contribution is 2.30. The minimum atomic E-state index is -0.923. The van der Waals surface area contributed by atoms with Crippen LogP contribution in [0, 0.1) is 6.92 Å². The van der Waals surface area contributed by atoms with E-state index in [4.69, 9.17) is 4.98 Å². The number of rotatable bonds is 5. The van der Waals surface area contributed by atoms with Gasteiger partial charge in [0.15, 0.2) is 0 Å². The molecule has 4 heteroatoms. The molecule has 0 aliphatic rings. The fourth-order valence-corrected chi connectivity index (χ4v) is 3.62. The highest BCUT2D eigenvalue weighted by molar-refractivity contribution is 5.96. The van der Waals surface area contributed by atoms with Crippen LogP contribution in [0.15, 0.2) is 79.4 Å². The third-order valence-electron chi connectivity index (χ3n) is 4.87. The van der Waals surface area contributed by atoms with Crippen molar-refractivity contribution in [1.82, 2.24) is 9.55 Å². The second-order valence-corrected chi connectivity index (χ2v) is 6.69. The van der Waals surface area contributed by atoms with E-state index in [2.05, 4.69) is 23.3 Å². The van der Waals surface area contributed by atoms with E-state index in [1.165, 1.54) is 0 Å². The van der Waals surface area contributed by atoms with Crippen molar-refractivity contribution in [3.63, 3.8) is 0 Å². The van der Waals surface area contributed by atoms with Crippen LogP contribution in [0.3, 0.4) is 0 Å². The van der Waals surface area contributed by atoms with Gasteiger partial charge in [-0.1, -0.05) is 42.5 Å². The second kappa shape index (κ2) is 7.16. The fraction of sp³-hybridized carbons (Fsp3) is 0.0833. The Kier molecular flexibility index (Phi) is 4.53. The molecule has 4 nitrogen and oxygen atoms in total. The zero-order valence-electron chi connectivity index (χ0n) is 15.6. The molecule has 1 N–H and O–H groups in total. The lowest BCUT2D eigenvalue weighted by atomic mass is 9.95. The number of aromatic carboxylic acids is 1. The van der Waals surface area contributed by atoms with Crippen molar-refractivity contribution in [3.05, 3.63) is 96.3 Å². The summed E-state index contributed by atoms with van der Waals surface area (Å²) in [4.78, 5) is 16.3. The number of para-hydroxylation sites is 2. The van der Waals surface area contributed by atoms with Gasteiger partial charge in [-0.05, 0) is 53.9 Å². The van der Waals surface area contributed by atoms with Gasteiger partial charge in [0.2, 0.25) is 0 Å². The van der Waals surface area contributed by atoms with Crippen molar-refractivity contribution < 1.29 is 9.90 Å². The molecule has 0 spiro atoms. The first-order valence-corrected chi connectivity index (χ1v) is 9.11. The van der Waals surface area contributed by atoms with Gasteiger partial charge in [-0.3, -0.25) is 4.57 Å². The fourth-order valence-electron chi connectivity index (χ4n) is 3.62. The maximum absolute atomic E-state index is 11.6. The minimum absolute atomic E-state index is 0.304. The number of carboxylic acid groups (broad SMARTS) is 1. The van der Waals surface area contributed by atoms with E-state index in [-0.39, 0.29) is 0 Å². The van der Waals surface area contributed by atoms with Crippen LogP contribution in [0.25, 0.3) is 27.8 Å². The van der Waals surface area contributed by atoms with Gasteiger partial charge >= 0.3 is 5.97 Å². The molecule has 138 valence electrons. The lowest BCUT2D eigenvalue weighted by molar-refractivity contribution is 0.0697. The van der Waals surface area contributed by atoms with Gasteiger partial charge in [-0.2, -0.15) is 0 Å². The van der Waals surface area contributed by atoms with Crippen LogP contribution in [0.1, 0.15) is 21.7 Å². The molecule has 4 rings (SSSR count). The molecule has 0 bridgehead atoms. The Morgan fingerprint density at radius 1 is 1.07 bits per heavy atom. The molecule has 0 atom stereocenters. The van der Waals surface area contributed by atoms with Crippen molar-refractivity contribution in [2.75, 3.05) is 0 Å². The van der Waals surface area contributed by atoms with Crippen molar-refractivity contribution in [3.8, 4) is 16.8 Å². The van der Waals surface area contributed by atoms with Gasteiger partial charge < -0.3 is 5.11 Å². The first-order chi connectivity index (χ1) is 13.6. The zero-order valence-corrected chi connectivity index (χ0v) is 15.6. The molecule has 0 amide bonds. The summed E-state index contributed by atoms with van der Waals surface area (Å²) >= 11 is 0. The molecule has 0 aliphatic carbocycles. The molecule has 0 saturated carbocycles. The van der Waals surface area contributed by atoms with Crippen LogP contribution in [0.4, 0.5) is 0 Å². The van der Waals surface area contributed by atoms with Crippen LogP contribution < -0.4 is 0 Å². The molecule has 1 aromatic heterocycles. The number of hydrogen-bond acceptors (Lipinski definition) is 2. The summed E-state index contributed by atoms with van der Waals surface area (Å²) in [6, 6.07) is 21.2. The topological polar surface area (TPSA) is 55.1 Å². The number of aromatic nitrogens is 2. The van der Waals surface area contributed by atoms with Crippen molar-refractivity contribution >= 4 is 17.0 Å². The average molecular weight is 368 g/mol. The summed E-state index contributed by atoms with van der Waals surface area (Å²) in [6.45, 7) is 5.85. The number of imidazole rings is 1. The summed E-state index contributed by atoms with van der Waals surface area (Å²) in [5, 5.41) is 9.51. The van der Waals surface area contributed by atoms with Gasteiger partial charge in [-0.25, -0.2) is 9.78 Å². The maximum Gasteiger partial charge on any atom is 0.336 e. The van der Waals surface area contributed by atoms with Crippen molar-refractivity contribution in [1.29, 1.82) is 0 Å². The van der Waals surface area contributed by atoms with Crippen molar-refractivity contribution in [2.24, 2.45) is 0 Å². The van der Waals surface area contributed by atoms with E-state index in [1.807, 2.05) is 55.5 Å². The standard InChI is InChI=1S/C24H20N2O2/c1-3-8-23-25-21-11-6-7-12-22(21)26(23)17-13-14-18(16(2)15-17)19-9-4-5-10-20(19)24(27)28/h3-7,9-15H,1,8H2,2H3,(H,27,28). The number of hydrogen-bond donors (Lipinski definition) is 1. The number of benzene rings is 3. The van der Waals surface area contributed by atoms with Gasteiger partial charge in [0.1, 0.15) is 5.82 Å². The molecular formula is C24H20N2O2. The van der Waals surface area contributed by atoms with Crippen LogP contribution in [-0.2, 0) is 6.42 Å². The van der Waals surface area contributed by atoms with E-state index < -0.39 is 5.97 Å². The zero-order chi connectivity index (χ0) is 19.7. The van der Waals surface area contributed by atoms with Gasteiger partial charge in [0.05, 0.1) is 16.6 Å². The molecule has 28 heavy (non-hydrogen) atoms. The van der Waals surface area contributed by atoms with E-state index in [0.29, 0.717) is 12.0 Å². The Bertz CT molecular complexity index is 1200. The number of aryl methyl sites for hydroxylation is 1. The molecule has 0 fully saturated rings. The van der Waals surface area contributed by atoms with E-state index >= 15 is 0 Å². The average Bonchev–Trinajstić information content (AvgIpc) is 3.06. The first kappa shape index (κ1) is 17.7. The Labute approximate surface area is 163 Å². The Morgan fingerprint density at radius 2 is 1.82 bits per heavy atom. The Hall–Kier alpha value is -3.66. The van der Waals surface area contributed by atoms with E-state index in [9.17, 15) is 9.90 Å². The monoisotopic (exact) mass is 368 g/mol. The Balaban J connectivity index is 1.88. The Morgan fingerprint density at radius 3 is 2.57 bits per heavy atom. The molecule has 0 aliphatic heterocycles. The molecule has 3 aromatic carbocycles. The molecule has 4 aromatic rings. The molecule has 1 heterocycles. The van der Waals surface area contributed by atoms with E-state index in [1.54, 1.807) is 12.1 Å². The summed E-state index contributed by atoms with van der Waals surface area (Å²) in [6.07, 6.45) is 2.51. The third-order valence-corrected chi connectivity index (χ3v) is 4.87. The quantitative estimate of drug-likeness (QED) is 0.478. The largest absolute Gasteiger partial charge is 0.478 e. The van der Waals surface area contributed by atoms with Crippen molar-refractivity contribution in [2.45, 2.75) is 13.3 Å². The second-order valence-electron chi connectivity index (χ2n) is 6.69. The molecule has 0 saturated heterocycles. The van der Waals surface area contributed by atoms with Crippen LogP contribution in [0.5, 0.6) is 0 Å². The third kappa shape index (κ3) is 2.99. The highest BCUT2D eigenvalue weighted by Gasteiger charge is 2.15. The summed E-state index contributed by atoms with van der Waals surface area (Å²) < 4.78 is 2.14. The first-order valence-electron chi connectivity index (χ1n) is 9.11. The lowest BCUT2D eigenvalue weighted by Crippen LogP contribution is -2.03. The number of nitrogens with zero attached hydrogens (tertiary/aromatic N) is 2. The maximum atomic E-state index is 11.6. The summed E-state index contributed by atoms with van der Waals surface area (Å²) in [5.41, 5.74) is 5.93. The molecule has 0 radical (unpaired) electrons. The van der Waals surface area contributed by atoms with Gasteiger partial charge in [0.25, 0.3) is 0 Å². The lowest BCUT2D eigenvalue weighted by Gasteiger charge is -2.14. The number of carbonyl (C=O) groups is 1. The summed E-state index contributed by atoms with van der Waals surface area (Å²) in [5.74, 6) is 0.00207. The van der Waals surface area contributed by atoms with Crippen LogP contribution in [-0.4, -0.2) is 20.6 Å². The summed E-state index contributed by atoms with van der Waals surface area (Å²) in [7, 11) is 0. The minimum Gasteiger partial charge on any atom is -0.478 e. The van der Waals surface area contributed by atoms with Gasteiger partial charge in [-0.15, -0.1) is 6.58 Å². The molecule has 0 unspecified atom stereocenters. The predicted molar refractivity (Wildman–Crippen MR) is 112 cm³/mol. The van der Waals surface area contributed by atoms with Crippen LogP contribution in [0.2, 0.25) is 0 Å². The van der Waals surface area contributed by atoms with E-state index in [0.717, 1.165) is 39.2 Å². The smallest absolute Gasteiger partial charge is 0.336 e. The SMILES string of the molecule is C=CCc1nc2ccccc2n1-c1ccc(-c2ccccc2C(=O)O)c(C)c1. The highest BCUT2D eigenvalue weighted by atomic mass is 16.4. The number of allylic oxidation sites excluding steroid dienone is 1.